The van der Waals surface area contributed by atoms with Crippen LogP contribution in [0, 0.1) is 0 Å². The summed E-state index contributed by atoms with van der Waals surface area (Å²) in [6.07, 6.45) is 7.84. The van der Waals surface area contributed by atoms with Crippen molar-refractivity contribution in [2.75, 3.05) is 20.1 Å². The van der Waals surface area contributed by atoms with Gasteiger partial charge >= 0.3 is 0 Å². The largest absolute Gasteiger partial charge is 0.314 e. The number of hydrogen-bond acceptors (Lipinski definition) is 2. The van der Waals surface area contributed by atoms with E-state index in [0.29, 0.717) is 0 Å². The molecule has 1 N–H and O–H groups in total. The first-order valence-electron chi connectivity index (χ1n) is 8.27. The Morgan fingerprint density at radius 3 is 2.75 bits per heavy atom. The molecule has 0 aromatic heterocycles. The fourth-order valence-corrected chi connectivity index (χ4v) is 3.23. The van der Waals surface area contributed by atoms with Gasteiger partial charge in [-0.05, 0) is 51.3 Å². The minimum absolute atomic E-state index is 0.743. The molecule has 2 unspecified atom stereocenters. The van der Waals surface area contributed by atoms with Gasteiger partial charge in [0.05, 0.1) is 0 Å². The van der Waals surface area contributed by atoms with E-state index in [4.69, 9.17) is 0 Å². The van der Waals surface area contributed by atoms with Gasteiger partial charge in [0.1, 0.15) is 0 Å². The molecule has 2 nitrogen and oxygen atoms in total. The Balaban J connectivity index is 1.75. The van der Waals surface area contributed by atoms with Crippen molar-refractivity contribution in [2.45, 2.75) is 57.5 Å². The SMILES string of the molecule is CCCNC1CCCC(N(C)CCc2ccccc2)C1. The molecular formula is C18H30N2. The molecule has 2 heteroatoms. The average molecular weight is 274 g/mol. The first kappa shape index (κ1) is 15.5. The highest BCUT2D eigenvalue weighted by molar-refractivity contribution is 5.14. The maximum Gasteiger partial charge on any atom is 0.0107 e. The fraction of sp³-hybridized carbons (Fsp3) is 0.667. The molecule has 1 aromatic carbocycles. The molecule has 1 saturated carbocycles. The lowest BCUT2D eigenvalue weighted by Crippen LogP contribution is -2.43. The molecule has 20 heavy (non-hydrogen) atoms. The molecule has 2 atom stereocenters. The van der Waals surface area contributed by atoms with Crippen LogP contribution in [-0.4, -0.2) is 37.1 Å². The van der Waals surface area contributed by atoms with Crippen LogP contribution in [0.15, 0.2) is 30.3 Å². The van der Waals surface area contributed by atoms with Crippen LogP contribution in [0.4, 0.5) is 0 Å². The number of rotatable bonds is 7. The van der Waals surface area contributed by atoms with Gasteiger partial charge in [0.15, 0.2) is 0 Å². The summed E-state index contributed by atoms with van der Waals surface area (Å²) >= 11 is 0. The summed E-state index contributed by atoms with van der Waals surface area (Å²) in [6, 6.07) is 12.4. The summed E-state index contributed by atoms with van der Waals surface area (Å²) in [5, 5.41) is 3.70. The molecular weight excluding hydrogens is 244 g/mol. The van der Waals surface area contributed by atoms with E-state index in [0.717, 1.165) is 12.1 Å². The number of likely N-dealkylation sites (N-methyl/N-ethyl adjacent to an activating group) is 1. The Morgan fingerprint density at radius 1 is 1.20 bits per heavy atom. The van der Waals surface area contributed by atoms with E-state index < -0.39 is 0 Å². The van der Waals surface area contributed by atoms with E-state index in [-0.39, 0.29) is 0 Å². The van der Waals surface area contributed by atoms with E-state index in [1.807, 2.05) is 0 Å². The van der Waals surface area contributed by atoms with Crippen molar-refractivity contribution in [1.29, 1.82) is 0 Å². The van der Waals surface area contributed by atoms with Gasteiger partial charge in [-0.25, -0.2) is 0 Å². The molecule has 1 aliphatic rings. The van der Waals surface area contributed by atoms with Crippen LogP contribution in [-0.2, 0) is 6.42 Å². The summed E-state index contributed by atoms with van der Waals surface area (Å²) in [4.78, 5) is 2.58. The molecule has 1 aliphatic carbocycles. The Kier molecular flexibility index (Phi) is 6.55. The van der Waals surface area contributed by atoms with Crippen LogP contribution >= 0.6 is 0 Å². The molecule has 0 heterocycles. The second-order valence-electron chi connectivity index (χ2n) is 6.19. The maximum absolute atomic E-state index is 3.70. The van der Waals surface area contributed by atoms with Gasteiger partial charge in [0, 0.05) is 18.6 Å². The van der Waals surface area contributed by atoms with Crippen LogP contribution < -0.4 is 5.32 Å². The smallest absolute Gasteiger partial charge is 0.0107 e. The van der Waals surface area contributed by atoms with Gasteiger partial charge in [-0.3, -0.25) is 0 Å². The summed E-state index contributed by atoms with van der Waals surface area (Å²) < 4.78 is 0. The standard InChI is InChI=1S/C18H30N2/c1-3-13-19-17-10-7-11-18(15-17)20(2)14-12-16-8-5-4-6-9-16/h4-6,8-9,17-19H,3,7,10-15H2,1-2H3. The van der Waals surface area contributed by atoms with Gasteiger partial charge in [0.2, 0.25) is 0 Å². The van der Waals surface area contributed by atoms with E-state index in [1.165, 1.54) is 57.2 Å². The quantitative estimate of drug-likeness (QED) is 0.819. The zero-order chi connectivity index (χ0) is 14.2. The lowest BCUT2D eigenvalue weighted by molar-refractivity contribution is 0.171. The first-order valence-corrected chi connectivity index (χ1v) is 8.27. The van der Waals surface area contributed by atoms with Gasteiger partial charge in [0.25, 0.3) is 0 Å². The van der Waals surface area contributed by atoms with Crippen molar-refractivity contribution >= 4 is 0 Å². The molecule has 1 aromatic rings. The van der Waals surface area contributed by atoms with Crippen molar-refractivity contribution in [3.05, 3.63) is 35.9 Å². The highest BCUT2D eigenvalue weighted by atomic mass is 15.1. The predicted octanol–water partition coefficient (Wildman–Crippen LogP) is 3.47. The van der Waals surface area contributed by atoms with Crippen LogP contribution in [0.3, 0.4) is 0 Å². The summed E-state index contributed by atoms with van der Waals surface area (Å²) in [5.41, 5.74) is 1.45. The second-order valence-corrected chi connectivity index (χ2v) is 6.19. The maximum atomic E-state index is 3.70. The van der Waals surface area contributed by atoms with Crippen molar-refractivity contribution < 1.29 is 0 Å². The van der Waals surface area contributed by atoms with Crippen molar-refractivity contribution in [2.24, 2.45) is 0 Å². The predicted molar refractivity (Wildman–Crippen MR) is 87.1 cm³/mol. The lowest BCUT2D eigenvalue weighted by Gasteiger charge is -2.36. The third kappa shape index (κ3) is 4.92. The van der Waals surface area contributed by atoms with Crippen LogP contribution in [0.5, 0.6) is 0 Å². The van der Waals surface area contributed by atoms with Gasteiger partial charge in [-0.15, -0.1) is 0 Å². The Morgan fingerprint density at radius 2 is 2.00 bits per heavy atom. The molecule has 0 radical (unpaired) electrons. The van der Waals surface area contributed by atoms with Crippen molar-refractivity contribution in [1.82, 2.24) is 10.2 Å². The van der Waals surface area contributed by atoms with E-state index >= 15 is 0 Å². The molecule has 2 rings (SSSR count). The third-order valence-electron chi connectivity index (χ3n) is 4.55. The highest BCUT2D eigenvalue weighted by Gasteiger charge is 2.24. The third-order valence-corrected chi connectivity index (χ3v) is 4.55. The molecule has 0 bridgehead atoms. The Hall–Kier alpha value is -0.860. The van der Waals surface area contributed by atoms with Gasteiger partial charge in [-0.1, -0.05) is 43.7 Å². The normalized spacial score (nSPS) is 23.1. The minimum atomic E-state index is 0.743. The zero-order valence-corrected chi connectivity index (χ0v) is 13.1. The number of nitrogens with one attached hydrogen (secondary N) is 1. The van der Waals surface area contributed by atoms with Crippen molar-refractivity contribution in [3.8, 4) is 0 Å². The monoisotopic (exact) mass is 274 g/mol. The van der Waals surface area contributed by atoms with Crippen LogP contribution in [0.25, 0.3) is 0 Å². The lowest BCUT2D eigenvalue weighted by atomic mass is 9.90. The van der Waals surface area contributed by atoms with Crippen LogP contribution in [0.1, 0.15) is 44.6 Å². The molecule has 0 saturated heterocycles. The molecule has 112 valence electrons. The van der Waals surface area contributed by atoms with E-state index in [1.54, 1.807) is 0 Å². The zero-order valence-electron chi connectivity index (χ0n) is 13.1. The topological polar surface area (TPSA) is 15.3 Å². The molecule has 0 aliphatic heterocycles. The number of nitrogens with zero attached hydrogens (tertiary/aromatic N) is 1. The minimum Gasteiger partial charge on any atom is -0.314 e. The van der Waals surface area contributed by atoms with E-state index in [2.05, 4.69) is 54.5 Å². The van der Waals surface area contributed by atoms with Gasteiger partial charge in [-0.2, -0.15) is 0 Å². The second kappa shape index (κ2) is 8.43. The van der Waals surface area contributed by atoms with Crippen LogP contribution in [0.2, 0.25) is 0 Å². The van der Waals surface area contributed by atoms with E-state index in [9.17, 15) is 0 Å². The summed E-state index contributed by atoms with van der Waals surface area (Å²) in [5.74, 6) is 0. The molecule has 1 fully saturated rings. The Labute approximate surface area is 124 Å². The number of hydrogen-bond donors (Lipinski definition) is 1. The Bertz CT molecular complexity index is 363. The molecule has 0 spiro atoms. The number of benzene rings is 1. The highest BCUT2D eigenvalue weighted by Crippen LogP contribution is 2.22. The average Bonchev–Trinajstić information content (AvgIpc) is 2.52. The fourth-order valence-electron chi connectivity index (χ4n) is 3.23. The summed E-state index contributed by atoms with van der Waals surface area (Å²) in [7, 11) is 2.30. The first-order chi connectivity index (χ1) is 9.79. The molecule has 0 amide bonds. The van der Waals surface area contributed by atoms with Crippen molar-refractivity contribution in [3.63, 3.8) is 0 Å². The van der Waals surface area contributed by atoms with Gasteiger partial charge < -0.3 is 10.2 Å². The summed E-state index contributed by atoms with van der Waals surface area (Å²) in [6.45, 7) is 4.60.